The Balaban J connectivity index is 3.13. The average Bonchev–Trinajstić information content (AvgIpc) is 2.27. The van der Waals surface area contributed by atoms with Gasteiger partial charge in [0.2, 0.25) is 5.91 Å². The first-order chi connectivity index (χ1) is 8.26. The molecule has 1 amide bonds. The molecular formula is C11H15N3O4. The monoisotopic (exact) mass is 253 g/mol. The van der Waals surface area contributed by atoms with Crippen molar-refractivity contribution in [1.82, 2.24) is 0 Å². The smallest absolute Gasteiger partial charge is 0.275 e. The van der Waals surface area contributed by atoms with Crippen LogP contribution in [0.3, 0.4) is 0 Å². The lowest BCUT2D eigenvalue weighted by Gasteiger charge is -2.23. The molecule has 0 aliphatic carbocycles. The number of rotatable bonds is 5. The summed E-state index contributed by atoms with van der Waals surface area (Å²) in [6, 6.07) is 4.16. The predicted octanol–water partition coefficient (Wildman–Crippen LogP) is 1.28. The molecule has 0 unspecified atom stereocenters. The Morgan fingerprint density at radius 2 is 2.06 bits per heavy atom. The highest BCUT2D eigenvalue weighted by molar-refractivity contribution is 5.87. The molecule has 7 nitrogen and oxygen atoms in total. The van der Waals surface area contributed by atoms with Gasteiger partial charge in [0.15, 0.2) is 0 Å². The van der Waals surface area contributed by atoms with Gasteiger partial charge in [-0.05, 0) is 13.8 Å². The number of nitro groups is 1. The van der Waals surface area contributed by atoms with Crippen molar-refractivity contribution in [2.24, 2.45) is 5.73 Å². The van der Waals surface area contributed by atoms with Gasteiger partial charge in [-0.1, -0.05) is 0 Å². The first kappa shape index (κ1) is 13.8. The number of hydrogen-bond donors (Lipinski definition) is 2. The van der Waals surface area contributed by atoms with E-state index in [2.05, 4.69) is 5.32 Å². The number of benzene rings is 1. The van der Waals surface area contributed by atoms with Gasteiger partial charge >= 0.3 is 0 Å². The molecule has 0 atom stereocenters. The highest BCUT2D eigenvalue weighted by Gasteiger charge is 2.25. The number of amides is 1. The number of carbonyl (C=O) groups is 1. The fraction of sp³-hybridized carbons (Fsp3) is 0.364. The maximum atomic E-state index is 11.2. The van der Waals surface area contributed by atoms with Crippen LogP contribution in [-0.4, -0.2) is 23.5 Å². The summed E-state index contributed by atoms with van der Waals surface area (Å²) in [5.41, 5.74) is 4.47. The molecule has 0 spiro atoms. The van der Waals surface area contributed by atoms with Gasteiger partial charge in [0, 0.05) is 17.8 Å². The Kier molecular flexibility index (Phi) is 3.75. The number of hydrogen-bond acceptors (Lipinski definition) is 5. The van der Waals surface area contributed by atoms with Crippen LogP contribution >= 0.6 is 0 Å². The van der Waals surface area contributed by atoms with Crippen LogP contribution < -0.4 is 15.8 Å². The number of nitrogens with one attached hydrogen (secondary N) is 1. The van der Waals surface area contributed by atoms with Gasteiger partial charge in [-0.3, -0.25) is 14.9 Å². The van der Waals surface area contributed by atoms with Crippen molar-refractivity contribution < 1.29 is 14.5 Å². The molecule has 1 aromatic rings. The first-order valence-electron chi connectivity index (χ1n) is 5.18. The van der Waals surface area contributed by atoms with E-state index in [0.29, 0.717) is 11.4 Å². The standard InChI is InChI=1S/C11H15N3O4/c1-11(2,10(12)15)13-7-4-8(14(16)17)6-9(5-7)18-3/h4-6,13H,1-3H3,(H2,12,15). The van der Waals surface area contributed by atoms with Crippen molar-refractivity contribution in [3.63, 3.8) is 0 Å². The largest absolute Gasteiger partial charge is 0.496 e. The van der Waals surface area contributed by atoms with E-state index >= 15 is 0 Å². The van der Waals surface area contributed by atoms with Crippen molar-refractivity contribution in [1.29, 1.82) is 0 Å². The van der Waals surface area contributed by atoms with Gasteiger partial charge in [0.1, 0.15) is 11.3 Å². The van der Waals surface area contributed by atoms with Gasteiger partial charge in [-0.15, -0.1) is 0 Å². The van der Waals surface area contributed by atoms with E-state index in [-0.39, 0.29) is 5.69 Å². The summed E-state index contributed by atoms with van der Waals surface area (Å²) in [6.45, 7) is 3.17. The Bertz CT molecular complexity index is 485. The van der Waals surface area contributed by atoms with Crippen molar-refractivity contribution in [2.45, 2.75) is 19.4 Å². The summed E-state index contributed by atoms with van der Waals surface area (Å²) in [6.07, 6.45) is 0. The SMILES string of the molecule is COc1cc(NC(C)(C)C(N)=O)cc([N+](=O)[O-])c1. The third-order valence-electron chi connectivity index (χ3n) is 2.41. The molecule has 7 heteroatoms. The highest BCUT2D eigenvalue weighted by Crippen LogP contribution is 2.27. The molecule has 18 heavy (non-hydrogen) atoms. The molecule has 0 saturated carbocycles. The third-order valence-corrected chi connectivity index (χ3v) is 2.41. The molecule has 1 aromatic carbocycles. The molecule has 1 rings (SSSR count). The lowest BCUT2D eigenvalue weighted by molar-refractivity contribution is -0.384. The van der Waals surface area contributed by atoms with Crippen LogP contribution in [0.4, 0.5) is 11.4 Å². The van der Waals surface area contributed by atoms with E-state index in [0.717, 1.165) is 0 Å². The number of anilines is 1. The summed E-state index contributed by atoms with van der Waals surface area (Å²) in [4.78, 5) is 21.4. The summed E-state index contributed by atoms with van der Waals surface area (Å²) < 4.78 is 4.96. The van der Waals surface area contributed by atoms with Crippen molar-refractivity contribution in [3.8, 4) is 5.75 Å². The second-order valence-corrected chi connectivity index (χ2v) is 4.29. The minimum Gasteiger partial charge on any atom is -0.496 e. The van der Waals surface area contributed by atoms with Crippen molar-refractivity contribution in [2.75, 3.05) is 12.4 Å². The van der Waals surface area contributed by atoms with Gasteiger partial charge in [0.05, 0.1) is 18.1 Å². The Morgan fingerprint density at radius 1 is 1.44 bits per heavy atom. The zero-order valence-electron chi connectivity index (χ0n) is 10.4. The average molecular weight is 253 g/mol. The molecular weight excluding hydrogens is 238 g/mol. The topological polar surface area (TPSA) is 107 Å². The second-order valence-electron chi connectivity index (χ2n) is 4.29. The Labute approximate surface area is 104 Å². The summed E-state index contributed by atoms with van der Waals surface area (Å²) in [5.74, 6) is -0.236. The molecule has 0 radical (unpaired) electrons. The van der Waals surface area contributed by atoms with Crippen molar-refractivity contribution >= 4 is 17.3 Å². The fourth-order valence-electron chi connectivity index (χ4n) is 1.30. The van der Waals surface area contributed by atoms with E-state index in [1.807, 2.05) is 0 Å². The molecule has 0 aliphatic heterocycles. The fourth-order valence-corrected chi connectivity index (χ4v) is 1.30. The normalized spacial score (nSPS) is 10.8. The molecule has 0 bridgehead atoms. The number of ether oxygens (including phenoxy) is 1. The third kappa shape index (κ3) is 3.09. The minimum atomic E-state index is -1.01. The Hall–Kier alpha value is -2.31. The highest BCUT2D eigenvalue weighted by atomic mass is 16.6. The molecule has 0 aromatic heterocycles. The lowest BCUT2D eigenvalue weighted by atomic mass is 10.0. The zero-order chi connectivity index (χ0) is 13.9. The lowest BCUT2D eigenvalue weighted by Crippen LogP contribution is -2.45. The number of carbonyl (C=O) groups excluding carboxylic acids is 1. The maximum Gasteiger partial charge on any atom is 0.275 e. The molecule has 0 saturated heterocycles. The minimum absolute atomic E-state index is 0.128. The van der Waals surface area contributed by atoms with E-state index in [4.69, 9.17) is 10.5 Å². The predicted molar refractivity (Wildman–Crippen MR) is 66.5 cm³/mol. The van der Waals surface area contributed by atoms with Crippen LogP contribution in [0.15, 0.2) is 18.2 Å². The maximum absolute atomic E-state index is 11.2. The zero-order valence-corrected chi connectivity index (χ0v) is 10.4. The summed E-state index contributed by atoms with van der Waals surface area (Å²) in [7, 11) is 1.40. The molecule has 0 heterocycles. The van der Waals surface area contributed by atoms with E-state index < -0.39 is 16.4 Å². The van der Waals surface area contributed by atoms with Gasteiger partial charge < -0.3 is 15.8 Å². The molecule has 98 valence electrons. The number of nitro benzene ring substituents is 1. The van der Waals surface area contributed by atoms with E-state index in [1.165, 1.54) is 19.2 Å². The van der Waals surface area contributed by atoms with Crippen LogP contribution in [-0.2, 0) is 4.79 Å². The van der Waals surface area contributed by atoms with Crippen LogP contribution in [0.1, 0.15) is 13.8 Å². The van der Waals surface area contributed by atoms with Gasteiger partial charge in [0.25, 0.3) is 5.69 Å². The van der Waals surface area contributed by atoms with Crippen LogP contribution in [0.5, 0.6) is 5.75 Å². The summed E-state index contributed by atoms with van der Waals surface area (Å²) >= 11 is 0. The number of nitrogens with two attached hydrogens (primary N) is 1. The molecule has 0 aliphatic rings. The molecule has 3 N–H and O–H groups in total. The van der Waals surface area contributed by atoms with Gasteiger partial charge in [-0.25, -0.2) is 0 Å². The van der Waals surface area contributed by atoms with Crippen LogP contribution in [0, 0.1) is 10.1 Å². The number of primary amides is 1. The molecule has 0 fully saturated rings. The van der Waals surface area contributed by atoms with E-state index in [1.54, 1.807) is 19.9 Å². The number of methoxy groups -OCH3 is 1. The number of nitrogens with zero attached hydrogens (tertiary/aromatic N) is 1. The Morgan fingerprint density at radius 3 is 2.50 bits per heavy atom. The van der Waals surface area contributed by atoms with Crippen LogP contribution in [0.2, 0.25) is 0 Å². The van der Waals surface area contributed by atoms with Crippen LogP contribution in [0.25, 0.3) is 0 Å². The second kappa shape index (κ2) is 4.91. The summed E-state index contributed by atoms with van der Waals surface area (Å²) in [5, 5.41) is 13.6. The quantitative estimate of drug-likeness (QED) is 0.607. The van der Waals surface area contributed by atoms with Gasteiger partial charge in [-0.2, -0.15) is 0 Å². The number of non-ortho nitro benzene ring substituents is 1. The first-order valence-corrected chi connectivity index (χ1v) is 5.18. The van der Waals surface area contributed by atoms with Crippen molar-refractivity contribution in [3.05, 3.63) is 28.3 Å². The van der Waals surface area contributed by atoms with E-state index in [9.17, 15) is 14.9 Å².